The quantitative estimate of drug-likeness (QED) is 0.682. The molecule has 0 radical (unpaired) electrons. The van der Waals surface area contributed by atoms with Crippen LogP contribution in [0.3, 0.4) is 0 Å². The highest BCUT2D eigenvalue weighted by Crippen LogP contribution is 2.21. The first-order valence-electron chi connectivity index (χ1n) is 3.97. The summed E-state index contributed by atoms with van der Waals surface area (Å²) in [5.74, 6) is 0. The molecular weight excluding hydrogens is 150 g/mol. The van der Waals surface area contributed by atoms with Crippen LogP contribution in [0.1, 0.15) is 11.1 Å². The van der Waals surface area contributed by atoms with E-state index in [0.717, 1.165) is 5.56 Å². The second-order valence-corrected chi connectivity index (χ2v) is 2.79. The molecule has 1 aromatic carbocycles. The van der Waals surface area contributed by atoms with Crippen molar-refractivity contribution in [2.24, 2.45) is 0 Å². The number of hydrogen-bond donors (Lipinski definition) is 1. The van der Waals surface area contributed by atoms with E-state index in [1.807, 2.05) is 12.1 Å². The predicted octanol–water partition coefficient (Wildman–Crippen LogP) is 2.23. The van der Waals surface area contributed by atoms with Crippen molar-refractivity contribution in [2.75, 3.05) is 12.0 Å². The highest BCUT2D eigenvalue weighted by Gasteiger charge is 2.07. The van der Waals surface area contributed by atoms with E-state index in [1.165, 1.54) is 11.3 Å². The minimum absolute atomic E-state index is 0.612. The van der Waals surface area contributed by atoms with Crippen LogP contribution in [0.5, 0.6) is 0 Å². The van der Waals surface area contributed by atoms with Crippen LogP contribution < -0.4 is 5.32 Å². The monoisotopic (exact) mass is 161 g/mol. The third-order valence-electron chi connectivity index (χ3n) is 1.99. The molecule has 1 aliphatic rings. The van der Waals surface area contributed by atoms with Crippen LogP contribution in [-0.4, -0.2) is 6.73 Å². The van der Waals surface area contributed by atoms with Crippen LogP contribution in [0.2, 0.25) is 0 Å². The van der Waals surface area contributed by atoms with Gasteiger partial charge in [0.05, 0.1) is 6.61 Å². The van der Waals surface area contributed by atoms with Gasteiger partial charge in [-0.05, 0) is 17.7 Å². The van der Waals surface area contributed by atoms with Crippen molar-refractivity contribution in [3.8, 4) is 0 Å². The molecule has 1 N–H and O–H groups in total. The third-order valence-corrected chi connectivity index (χ3v) is 1.99. The first-order chi connectivity index (χ1) is 5.90. The first kappa shape index (κ1) is 7.37. The number of anilines is 1. The Balaban J connectivity index is 2.42. The summed E-state index contributed by atoms with van der Waals surface area (Å²) < 4.78 is 5.25. The fourth-order valence-corrected chi connectivity index (χ4v) is 1.32. The summed E-state index contributed by atoms with van der Waals surface area (Å²) in [6, 6.07) is 6.20. The minimum Gasteiger partial charge on any atom is -0.362 e. The fraction of sp³-hybridized carbons (Fsp3) is 0.200. The zero-order valence-corrected chi connectivity index (χ0v) is 6.84. The van der Waals surface area contributed by atoms with Crippen LogP contribution in [0, 0.1) is 0 Å². The number of benzene rings is 1. The molecule has 2 heteroatoms. The third kappa shape index (κ3) is 1.21. The highest BCUT2D eigenvalue weighted by atomic mass is 16.5. The number of ether oxygens (including phenoxy) is 1. The van der Waals surface area contributed by atoms with Crippen LogP contribution in [0.15, 0.2) is 24.8 Å². The lowest BCUT2D eigenvalue weighted by molar-refractivity contribution is 0.130. The first-order valence-corrected chi connectivity index (χ1v) is 3.97. The Hall–Kier alpha value is -1.28. The highest BCUT2D eigenvalue weighted by molar-refractivity contribution is 5.59. The van der Waals surface area contributed by atoms with Crippen molar-refractivity contribution in [2.45, 2.75) is 6.61 Å². The van der Waals surface area contributed by atoms with Crippen molar-refractivity contribution in [1.29, 1.82) is 0 Å². The van der Waals surface area contributed by atoms with Gasteiger partial charge in [-0.2, -0.15) is 0 Å². The van der Waals surface area contributed by atoms with E-state index in [4.69, 9.17) is 4.74 Å². The average Bonchev–Trinajstić information content (AvgIpc) is 2.17. The van der Waals surface area contributed by atoms with Gasteiger partial charge in [-0.1, -0.05) is 18.7 Å². The summed E-state index contributed by atoms with van der Waals surface area (Å²) in [5.41, 5.74) is 3.52. The lowest BCUT2D eigenvalue weighted by Gasteiger charge is -2.18. The number of fused-ring (bicyclic) bond motifs is 1. The summed E-state index contributed by atoms with van der Waals surface area (Å²) in [4.78, 5) is 0. The fourth-order valence-electron chi connectivity index (χ4n) is 1.32. The van der Waals surface area contributed by atoms with E-state index in [9.17, 15) is 0 Å². The Bertz CT molecular complexity index is 307. The maximum atomic E-state index is 5.25. The van der Waals surface area contributed by atoms with Crippen molar-refractivity contribution in [3.63, 3.8) is 0 Å². The zero-order chi connectivity index (χ0) is 8.39. The van der Waals surface area contributed by atoms with Crippen LogP contribution in [0.4, 0.5) is 5.69 Å². The van der Waals surface area contributed by atoms with E-state index in [1.54, 1.807) is 0 Å². The Morgan fingerprint density at radius 2 is 2.42 bits per heavy atom. The Morgan fingerprint density at radius 3 is 3.25 bits per heavy atom. The Labute approximate surface area is 71.9 Å². The molecular formula is C10H11NO. The molecule has 0 amide bonds. The molecule has 0 fully saturated rings. The molecule has 0 saturated carbocycles. The minimum atomic E-state index is 0.612. The largest absolute Gasteiger partial charge is 0.362 e. The van der Waals surface area contributed by atoms with Crippen molar-refractivity contribution in [1.82, 2.24) is 0 Å². The van der Waals surface area contributed by atoms with Crippen LogP contribution >= 0.6 is 0 Å². The van der Waals surface area contributed by atoms with Gasteiger partial charge in [0.15, 0.2) is 0 Å². The summed E-state index contributed by atoms with van der Waals surface area (Å²) in [7, 11) is 0. The molecule has 1 aliphatic heterocycles. The standard InChI is InChI=1S/C10H11NO/c1-2-8-3-4-10-9(5-8)6-12-7-11-10/h2-5,11H,1,6-7H2. The molecule has 62 valence electrons. The molecule has 1 heterocycles. The molecule has 0 bridgehead atoms. The van der Waals surface area contributed by atoms with Crippen molar-refractivity contribution >= 4 is 11.8 Å². The van der Waals surface area contributed by atoms with Crippen LogP contribution in [-0.2, 0) is 11.3 Å². The van der Waals surface area contributed by atoms with Gasteiger partial charge in [0.25, 0.3) is 0 Å². The lowest BCUT2D eigenvalue weighted by atomic mass is 10.1. The molecule has 1 aromatic rings. The molecule has 0 aliphatic carbocycles. The summed E-state index contributed by atoms with van der Waals surface area (Å²) in [6.45, 7) is 5.03. The summed E-state index contributed by atoms with van der Waals surface area (Å²) in [6.07, 6.45) is 1.84. The SMILES string of the molecule is C=Cc1ccc2c(c1)COCN2. The van der Waals surface area contributed by atoms with Crippen molar-refractivity contribution in [3.05, 3.63) is 35.9 Å². The molecule has 2 nitrogen and oxygen atoms in total. The Morgan fingerprint density at radius 1 is 1.50 bits per heavy atom. The van der Waals surface area contributed by atoms with Crippen molar-refractivity contribution < 1.29 is 4.74 Å². The van der Waals surface area contributed by atoms with Gasteiger partial charge in [0, 0.05) is 11.3 Å². The van der Waals surface area contributed by atoms with Gasteiger partial charge in [-0.25, -0.2) is 0 Å². The second kappa shape index (κ2) is 2.99. The van der Waals surface area contributed by atoms with Crippen LogP contribution in [0.25, 0.3) is 6.08 Å². The molecule has 0 unspecified atom stereocenters. The maximum absolute atomic E-state index is 5.25. The topological polar surface area (TPSA) is 21.3 Å². The zero-order valence-electron chi connectivity index (χ0n) is 6.84. The normalized spacial score (nSPS) is 14.7. The molecule has 2 rings (SSSR count). The molecule has 0 saturated heterocycles. The maximum Gasteiger partial charge on any atom is 0.116 e. The smallest absolute Gasteiger partial charge is 0.116 e. The van der Waals surface area contributed by atoms with Gasteiger partial charge in [0.1, 0.15) is 6.73 Å². The number of hydrogen-bond acceptors (Lipinski definition) is 2. The van der Waals surface area contributed by atoms with Gasteiger partial charge >= 0.3 is 0 Å². The summed E-state index contributed by atoms with van der Waals surface area (Å²) in [5, 5.41) is 3.16. The van der Waals surface area contributed by atoms with E-state index < -0.39 is 0 Å². The molecule has 12 heavy (non-hydrogen) atoms. The van der Waals surface area contributed by atoms with E-state index in [2.05, 4.69) is 24.0 Å². The number of rotatable bonds is 1. The van der Waals surface area contributed by atoms with Gasteiger partial charge < -0.3 is 10.1 Å². The van der Waals surface area contributed by atoms with Gasteiger partial charge in [-0.3, -0.25) is 0 Å². The Kier molecular flexibility index (Phi) is 1.84. The molecule has 0 atom stereocenters. The predicted molar refractivity (Wildman–Crippen MR) is 49.8 cm³/mol. The average molecular weight is 161 g/mol. The molecule has 0 spiro atoms. The second-order valence-electron chi connectivity index (χ2n) is 2.79. The van der Waals surface area contributed by atoms with Gasteiger partial charge in [0.2, 0.25) is 0 Å². The summed E-state index contributed by atoms with van der Waals surface area (Å²) >= 11 is 0. The number of nitrogens with one attached hydrogen (secondary N) is 1. The van der Waals surface area contributed by atoms with Gasteiger partial charge in [-0.15, -0.1) is 0 Å². The van der Waals surface area contributed by atoms with E-state index >= 15 is 0 Å². The molecule has 0 aromatic heterocycles. The lowest BCUT2D eigenvalue weighted by Crippen LogP contribution is -2.14. The van der Waals surface area contributed by atoms with E-state index in [-0.39, 0.29) is 0 Å². The van der Waals surface area contributed by atoms with E-state index in [0.29, 0.717) is 13.3 Å².